The summed E-state index contributed by atoms with van der Waals surface area (Å²) in [7, 11) is 3.72. The van der Waals surface area contributed by atoms with Crippen molar-refractivity contribution in [1.29, 1.82) is 0 Å². The third-order valence-electron chi connectivity index (χ3n) is 4.09. The van der Waals surface area contributed by atoms with Crippen LogP contribution in [-0.4, -0.2) is 48.2 Å². The molecule has 2 aromatic rings. The smallest absolute Gasteiger partial charge is 0.226 e. The van der Waals surface area contributed by atoms with Crippen molar-refractivity contribution < 1.29 is 9.26 Å². The first-order chi connectivity index (χ1) is 13.0. The van der Waals surface area contributed by atoms with Gasteiger partial charge in [0.1, 0.15) is 5.75 Å². The zero-order valence-electron chi connectivity index (χ0n) is 17.4. The van der Waals surface area contributed by atoms with E-state index < -0.39 is 0 Å². The maximum absolute atomic E-state index is 5.28. The van der Waals surface area contributed by atoms with Crippen molar-refractivity contribution in [2.75, 3.05) is 27.2 Å². The summed E-state index contributed by atoms with van der Waals surface area (Å²) in [5, 5.41) is 7.34. The number of halogens is 1. The molecule has 1 N–H and O–H groups in total. The van der Waals surface area contributed by atoms with Crippen LogP contribution in [0.1, 0.15) is 50.4 Å². The van der Waals surface area contributed by atoms with Gasteiger partial charge in [-0.05, 0) is 31.0 Å². The molecule has 0 saturated carbocycles. The van der Waals surface area contributed by atoms with E-state index in [4.69, 9.17) is 14.3 Å². The molecule has 7 nitrogen and oxygen atoms in total. The van der Waals surface area contributed by atoms with E-state index in [9.17, 15) is 0 Å². The first kappa shape index (κ1) is 24.2. The topological polar surface area (TPSA) is 75.8 Å². The highest BCUT2D eigenvalue weighted by Gasteiger charge is 2.10. The Morgan fingerprint density at radius 1 is 1.29 bits per heavy atom. The number of benzene rings is 1. The van der Waals surface area contributed by atoms with Crippen LogP contribution in [-0.2, 0) is 13.0 Å². The van der Waals surface area contributed by atoms with Gasteiger partial charge in [-0.15, -0.1) is 24.0 Å². The van der Waals surface area contributed by atoms with Crippen molar-refractivity contribution >= 4 is 29.9 Å². The summed E-state index contributed by atoms with van der Waals surface area (Å²) in [6, 6.07) is 8.09. The monoisotopic (exact) mass is 501 g/mol. The molecule has 0 bridgehead atoms. The van der Waals surface area contributed by atoms with Gasteiger partial charge < -0.3 is 19.5 Å². The van der Waals surface area contributed by atoms with Crippen LogP contribution in [0.2, 0.25) is 0 Å². The standard InChI is InChI=1S/C20H31N5O2.HI/c1-6-21-20(25(4)14-16-9-11-17(26-5)12-10-16)22-13-7-8-18-23-19(15(2)3)24-27-18;/h9-12,15H,6-8,13-14H2,1-5H3,(H,21,22);1H. The number of aliphatic imine (C=N–C) groups is 1. The third kappa shape index (κ3) is 7.65. The Morgan fingerprint density at radius 3 is 2.57 bits per heavy atom. The summed E-state index contributed by atoms with van der Waals surface area (Å²) in [6.45, 7) is 8.49. The zero-order valence-corrected chi connectivity index (χ0v) is 19.8. The molecule has 1 heterocycles. The van der Waals surface area contributed by atoms with Gasteiger partial charge in [-0.25, -0.2) is 0 Å². The average Bonchev–Trinajstić information content (AvgIpc) is 3.14. The fraction of sp³-hybridized carbons (Fsp3) is 0.550. The molecule has 0 aliphatic heterocycles. The average molecular weight is 501 g/mol. The molecule has 0 unspecified atom stereocenters. The summed E-state index contributed by atoms with van der Waals surface area (Å²) >= 11 is 0. The van der Waals surface area contributed by atoms with Crippen molar-refractivity contribution in [2.24, 2.45) is 4.99 Å². The third-order valence-corrected chi connectivity index (χ3v) is 4.09. The van der Waals surface area contributed by atoms with Gasteiger partial charge in [-0.2, -0.15) is 4.98 Å². The highest BCUT2D eigenvalue weighted by atomic mass is 127. The van der Waals surface area contributed by atoms with Crippen molar-refractivity contribution in [3.63, 3.8) is 0 Å². The van der Waals surface area contributed by atoms with Gasteiger partial charge in [0, 0.05) is 39.0 Å². The zero-order chi connectivity index (χ0) is 19.6. The highest BCUT2D eigenvalue weighted by molar-refractivity contribution is 14.0. The molecule has 28 heavy (non-hydrogen) atoms. The summed E-state index contributed by atoms with van der Waals surface area (Å²) in [4.78, 5) is 11.2. The van der Waals surface area contributed by atoms with E-state index in [1.54, 1.807) is 7.11 Å². The largest absolute Gasteiger partial charge is 0.497 e. The number of guanidine groups is 1. The van der Waals surface area contributed by atoms with E-state index in [-0.39, 0.29) is 29.9 Å². The Kier molecular flexibility index (Phi) is 10.9. The molecular weight excluding hydrogens is 469 g/mol. The number of rotatable bonds is 9. The van der Waals surface area contributed by atoms with E-state index in [0.29, 0.717) is 12.4 Å². The van der Waals surface area contributed by atoms with E-state index in [1.807, 2.05) is 19.2 Å². The first-order valence-electron chi connectivity index (χ1n) is 9.48. The van der Waals surface area contributed by atoms with Crippen LogP contribution < -0.4 is 10.1 Å². The predicted molar refractivity (Wildman–Crippen MR) is 123 cm³/mol. The number of hydrogen-bond acceptors (Lipinski definition) is 5. The summed E-state index contributed by atoms with van der Waals surface area (Å²) in [5.74, 6) is 3.49. The lowest BCUT2D eigenvalue weighted by atomic mass is 10.2. The van der Waals surface area contributed by atoms with E-state index in [0.717, 1.165) is 43.5 Å². The molecular formula is C20H32IN5O2. The quantitative estimate of drug-likeness (QED) is 0.244. The second-order valence-electron chi connectivity index (χ2n) is 6.74. The van der Waals surface area contributed by atoms with Gasteiger partial charge in [0.2, 0.25) is 5.89 Å². The maximum atomic E-state index is 5.28. The van der Waals surface area contributed by atoms with Crippen LogP contribution in [0, 0.1) is 0 Å². The van der Waals surface area contributed by atoms with Gasteiger partial charge >= 0.3 is 0 Å². The highest BCUT2D eigenvalue weighted by Crippen LogP contribution is 2.13. The maximum Gasteiger partial charge on any atom is 0.226 e. The van der Waals surface area contributed by atoms with Gasteiger partial charge in [-0.1, -0.05) is 31.1 Å². The molecule has 0 saturated heterocycles. The van der Waals surface area contributed by atoms with Crippen LogP contribution in [0.4, 0.5) is 0 Å². The number of ether oxygens (including phenoxy) is 1. The van der Waals surface area contributed by atoms with Crippen LogP contribution in [0.5, 0.6) is 5.75 Å². The first-order valence-corrected chi connectivity index (χ1v) is 9.48. The van der Waals surface area contributed by atoms with Gasteiger partial charge in [0.15, 0.2) is 11.8 Å². The lowest BCUT2D eigenvalue weighted by Crippen LogP contribution is -2.38. The molecule has 0 atom stereocenters. The number of aromatic nitrogens is 2. The second-order valence-corrected chi connectivity index (χ2v) is 6.74. The molecule has 0 aliphatic carbocycles. The fourth-order valence-electron chi connectivity index (χ4n) is 2.57. The van der Waals surface area contributed by atoms with Crippen molar-refractivity contribution in [2.45, 2.75) is 46.1 Å². The Hall–Kier alpha value is -1.84. The fourth-order valence-corrected chi connectivity index (χ4v) is 2.57. The molecule has 0 spiro atoms. The van der Waals surface area contributed by atoms with Crippen molar-refractivity contribution in [3.8, 4) is 5.75 Å². The van der Waals surface area contributed by atoms with Crippen molar-refractivity contribution in [1.82, 2.24) is 20.4 Å². The number of hydrogen-bond donors (Lipinski definition) is 1. The van der Waals surface area contributed by atoms with Crippen LogP contribution in [0.25, 0.3) is 0 Å². The molecule has 1 aromatic heterocycles. The van der Waals surface area contributed by atoms with E-state index in [1.165, 1.54) is 5.56 Å². The number of nitrogens with zero attached hydrogens (tertiary/aromatic N) is 4. The van der Waals surface area contributed by atoms with E-state index in [2.05, 4.69) is 53.3 Å². The Balaban J connectivity index is 0.00000392. The predicted octanol–water partition coefficient (Wildman–Crippen LogP) is 3.85. The Morgan fingerprint density at radius 2 is 2.00 bits per heavy atom. The molecule has 0 aliphatic rings. The van der Waals surface area contributed by atoms with E-state index >= 15 is 0 Å². The summed E-state index contributed by atoms with van der Waals surface area (Å²) in [6.07, 6.45) is 1.61. The molecule has 0 amide bonds. The molecule has 0 fully saturated rings. The minimum atomic E-state index is 0. The summed E-state index contributed by atoms with van der Waals surface area (Å²) in [5.41, 5.74) is 1.20. The van der Waals surface area contributed by atoms with Crippen LogP contribution in [0.15, 0.2) is 33.8 Å². The number of methoxy groups -OCH3 is 1. The lowest BCUT2D eigenvalue weighted by molar-refractivity contribution is 0.369. The normalized spacial score (nSPS) is 11.3. The Labute approximate surface area is 185 Å². The van der Waals surface area contributed by atoms with Gasteiger partial charge in [0.25, 0.3) is 0 Å². The molecule has 2 rings (SSSR count). The minimum Gasteiger partial charge on any atom is -0.497 e. The van der Waals surface area contributed by atoms with Gasteiger partial charge in [0.05, 0.1) is 7.11 Å². The number of nitrogens with one attached hydrogen (secondary N) is 1. The molecule has 156 valence electrons. The Bertz CT molecular complexity index is 716. The van der Waals surface area contributed by atoms with Crippen LogP contribution in [0.3, 0.4) is 0 Å². The van der Waals surface area contributed by atoms with Crippen LogP contribution >= 0.6 is 24.0 Å². The number of aryl methyl sites for hydroxylation is 1. The minimum absolute atomic E-state index is 0. The van der Waals surface area contributed by atoms with Crippen molar-refractivity contribution in [3.05, 3.63) is 41.5 Å². The molecule has 0 radical (unpaired) electrons. The molecule has 8 heteroatoms. The SMILES string of the molecule is CCNC(=NCCCc1nc(C(C)C)no1)N(C)Cc1ccc(OC)cc1.I. The van der Waals surface area contributed by atoms with Gasteiger partial charge in [-0.3, -0.25) is 4.99 Å². The second kappa shape index (κ2) is 12.6. The summed E-state index contributed by atoms with van der Waals surface area (Å²) < 4.78 is 10.5. The lowest BCUT2D eigenvalue weighted by Gasteiger charge is -2.22. The molecule has 1 aromatic carbocycles.